The number of aromatic nitrogens is 1. The summed E-state index contributed by atoms with van der Waals surface area (Å²) >= 11 is 15.4. The van der Waals surface area contributed by atoms with Crippen LogP contribution in [0.25, 0.3) is 22.2 Å². The molecule has 4 heteroatoms. The number of halogens is 3. The third-order valence-electron chi connectivity index (χ3n) is 2.82. The van der Waals surface area contributed by atoms with Crippen LogP contribution in [0, 0.1) is 0 Å². The molecule has 0 unspecified atom stereocenters. The molecular weight excluding hydrogens is 333 g/mol. The van der Waals surface area contributed by atoms with Crippen molar-refractivity contribution in [2.45, 2.75) is 0 Å². The predicted molar refractivity (Wildman–Crippen MR) is 81.5 cm³/mol. The summed E-state index contributed by atoms with van der Waals surface area (Å²) in [4.78, 5) is 3.34. The summed E-state index contributed by atoms with van der Waals surface area (Å²) in [6, 6.07) is 13.9. The summed E-state index contributed by atoms with van der Waals surface area (Å²) in [5.74, 6) is 0. The van der Waals surface area contributed by atoms with Gasteiger partial charge in [0.25, 0.3) is 0 Å². The number of rotatable bonds is 1. The molecule has 0 aliphatic rings. The first kappa shape index (κ1) is 12.1. The Bertz CT molecular complexity index is 677. The molecule has 3 aromatic rings. The SMILES string of the molecule is Clc1cc2cc(-c3ccc(Br)cc3)[nH]c2cc1Cl. The Kier molecular flexibility index (Phi) is 3.10. The van der Waals surface area contributed by atoms with Crippen molar-refractivity contribution < 1.29 is 0 Å². The minimum atomic E-state index is 0.563. The van der Waals surface area contributed by atoms with Gasteiger partial charge >= 0.3 is 0 Å². The Hall–Kier alpha value is -0.960. The average molecular weight is 341 g/mol. The van der Waals surface area contributed by atoms with Crippen LogP contribution in [0.2, 0.25) is 10.0 Å². The van der Waals surface area contributed by atoms with Crippen molar-refractivity contribution in [1.29, 1.82) is 0 Å². The van der Waals surface area contributed by atoms with E-state index in [9.17, 15) is 0 Å². The van der Waals surface area contributed by atoms with Crippen LogP contribution in [0.1, 0.15) is 0 Å². The van der Waals surface area contributed by atoms with Crippen LogP contribution in [0.5, 0.6) is 0 Å². The van der Waals surface area contributed by atoms with Gasteiger partial charge in [0.15, 0.2) is 0 Å². The molecule has 1 nitrogen and oxygen atoms in total. The van der Waals surface area contributed by atoms with Crippen molar-refractivity contribution in [2.24, 2.45) is 0 Å². The number of aromatic amines is 1. The summed E-state index contributed by atoms with van der Waals surface area (Å²) in [6.07, 6.45) is 0. The van der Waals surface area contributed by atoms with E-state index in [0.717, 1.165) is 26.6 Å². The molecule has 0 amide bonds. The summed E-state index contributed by atoms with van der Waals surface area (Å²) in [7, 11) is 0. The topological polar surface area (TPSA) is 15.8 Å². The molecule has 1 heterocycles. The van der Waals surface area contributed by atoms with Crippen LogP contribution in [0.4, 0.5) is 0 Å². The first-order valence-electron chi connectivity index (χ1n) is 5.37. The number of H-pyrrole nitrogens is 1. The largest absolute Gasteiger partial charge is 0.354 e. The molecule has 90 valence electrons. The Morgan fingerprint density at radius 3 is 2.28 bits per heavy atom. The molecule has 1 aromatic heterocycles. The van der Waals surface area contributed by atoms with E-state index in [1.54, 1.807) is 0 Å². The maximum absolute atomic E-state index is 6.01. The summed E-state index contributed by atoms with van der Waals surface area (Å²) in [5.41, 5.74) is 3.17. The highest BCUT2D eigenvalue weighted by atomic mass is 79.9. The number of nitrogens with one attached hydrogen (secondary N) is 1. The lowest BCUT2D eigenvalue weighted by atomic mass is 10.1. The van der Waals surface area contributed by atoms with E-state index in [0.29, 0.717) is 10.0 Å². The molecule has 0 atom stereocenters. The molecular formula is C14H8BrCl2N. The first-order valence-corrected chi connectivity index (χ1v) is 6.92. The van der Waals surface area contributed by atoms with Crippen molar-refractivity contribution in [1.82, 2.24) is 4.98 Å². The summed E-state index contributed by atoms with van der Waals surface area (Å²) < 4.78 is 1.06. The summed E-state index contributed by atoms with van der Waals surface area (Å²) in [6.45, 7) is 0. The molecule has 0 fully saturated rings. The Morgan fingerprint density at radius 1 is 0.889 bits per heavy atom. The molecule has 3 rings (SSSR count). The van der Waals surface area contributed by atoms with Gasteiger partial charge in [-0.1, -0.05) is 51.3 Å². The fourth-order valence-electron chi connectivity index (χ4n) is 1.91. The van der Waals surface area contributed by atoms with Gasteiger partial charge in [0.2, 0.25) is 0 Å². The fraction of sp³-hybridized carbons (Fsp3) is 0. The normalized spacial score (nSPS) is 11.1. The van der Waals surface area contributed by atoms with Crippen molar-refractivity contribution in [3.8, 4) is 11.3 Å². The minimum absolute atomic E-state index is 0.563. The van der Waals surface area contributed by atoms with E-state index in [2.05, 4.69) is 39.1 Å². The number of hydrogen-bond acceptors (Lipinski definition) is 0. The van der Waals surface area contributed by atoms with E-state index in [1.165, 1.54) is 0 Å². The highest BCUT2D eigenvalue weighted by molar-refractivity contribution is 9.10. The van der Waals surface area contributed by atoms with E-state index >= 15 is 0 Å². The lowest BCUT2D eigenvalue weighted by molar-refractivity contribution is 1.45. The smallest absolute Gasteiger partial charge is 0.0613 e. The minimum Gasteiger partial charge on any atom is -0.354 e. The number of benzene rings is 2. The van der Waals surface area contributed by atoms with Crippen LogP contribution in [0.15, 0.2) is 46.9 Å². The molecule has 0 aliphatic carbocycles. The molecule has 1 N–H and O–H groups in total. The maximum atomic E-state index is 6.01. The van der Waals surface area contributed by atoms with Gasteiger partial charge in [0, 0.05) is 21.1 Å². The Labute approximate surface area is 123 Å². The van der Waals surface area contributed by atoms with Gasteiger partial charge in [0.05, 0.1) is 10.0 Å². The second-order valence-corrected chi connectivity index (χ2v) is 5.77. The molecule has 0 bridgehead atoms. The number of hydrogen-bond donors (Lipinski definition) is 1. The maximum Gasteiger partial charge on any atom is 0.0613 e. The zero-order valence-electron chi connectivity index (χ0n) is 9.18. The van der Waals surface area contributed by atoms with Gasteiger partial charge < -0.3 is 4.98 Å². The Balaban J connectivity index is 2.16. The average Bonchev–Trinajstić information content (AvgIpc) is 2.73. The second-order valence-electron chi connectivity index (χ2n) is 4.04. The van der Waals surface area contributed by atoms with E-state index in [4.69, 9.17) is 23.2 Å². The molecule has 2 aromatic carbocycles. The van der Waals surface area contributed by atoms with E-state index < -0.39 is 0 Å². The molecule has 18 heavy (non-hydrogen) atoms. The number of fused-ring (bicyclic) bond motifs is 1. The van der Waals surface area contributed by atoms with Crippen LogP contribution >= 0.6 is 39.1 Å². The van der Waals surface area contributed by atoms with Crippen molar-refractivity contribution >= 4 is 50.0 Å². The monoisotopic (exact) mass is 339 g/mol. The first-order chi connectivity index (χ1) is 8.63. The molecule has 0 saturated heterocycles. The lowest BCUT2D eigenvalue weighted by Crippen LogP contribution is -1.76. The van der Waals surface area contributed by atoms with Gasteiger partial charge in [-0.3, -0.25) is 0 Å². The third-order valence-corrected chi connectivity index (χ3v) is 4.07. The van der Waals surface area contributed by atoms with Gasteiger partial charge in [-0.2, -0.15) is 0 Å². The van der Waals surface area contributed by atoms with Gasteiger partial charge in [-0.05, 0) is 35.9 Å². The van der Waals surface area contributed by atoms with Gasteiger partial charge in [-0.25, -0.2) is 0 Å². The van der Waals surface area contributed by atoms with Crippen LogP contribution in [-0.2, 0) is 0 Å². The lowest BCUT2D eigenvalue weighted by Gasteiger charge is -1.97. The highest BCUT2D eigenvalue weighted by Crippen LogP contribution is 2.31. The van der Waals surface area contributed by atoms with E-state index in [1.807, 2.05) is 24.3 Å². The molecule has 0 aliphatic heterocycles. The zero-order chi connectivity index (χ0) is 12.7. The third kappa shape index (κ3) is 2.16. The summed E-state index contributed by atoms with van der Waals surface area (Å²) in [5, 5.41) is 2.20. The molecule has 0 radical (unpaired) electrons. The fourth-order valence-corrected chi connectivity index (χ4v) is 2.51. The van der Waals surface area contributed by atoms with Crippen LogP contribution in [0.3, 0.4) is 0 Å². The van der Waals surface area contributed by atoms with Crippen LogP contribution < -0.4 is 0 Å². The highest BCUT2D eigenvalue weighted by Gasteiger charge is 2.06. The Morgan fingerprint density at radius 2 is 1.56 bits per heavy atom. The van der Waals surface area contributed by atoms with Crippen molar-refractivity contribution in [3.05, 3.63) is 57.0 Å². The molecule has 0 saturated carbocycles. The van der Waals surface area contributed by atoms with Crippen molar-refractivity contribution in [3.63, 3.8) is 0 Å². The van der Waals surface area contributed by atoms with Gasteiger partial charge in [-0.15, -0.1) is 0 Å². The zero-order valence-corrected chi connectivity index (χ0v) is 12.3. The standard InChI is InChI=1S/C14H8BrCl2N/c15-10-3-1-8(2-4-10)13-6-9-5-11(16)12(17)7-14(9)18-13/h1-7,18H. The van der Waals surface area contributed by atoms with Gasteiger partial charge in [0.1, 0.15) is 0 Å². The second kappa shape index (κ2) is 4.61. The van der Waals surface area contributed by atoms with Crippen molar-refractivity contribution in [2.75, 3.05) is 0 Å². The quantitative estimate of drug-likeness (QED) is 0.567. The predicted octanol–water partition coefficient (Wildman–Crippen LogP) is 5.90. The molecule has 0 spiro atoms. The van der Waals surface area contributed by atoms with Crippen LogP contribution in [-0.4, -0.2) is 4.98 Å². The van der Waals surface area contributed by atoms with E-state index in [-0.39, 0.29) is 0 Å².